The first-order valence-corrected chi connectivity index (χ1v) is 5.80. The molecule has 0 radical (unpaired) electrons. The minimum atomic E-state index is -0.573. The van der Waals surface area contributed by atoms with Crippen LogP contribution in [-0.2, 0) is 6.54 Å². The van der Waals surface area contributed by atoms with Gasteiger partial charge in [0.15, 0.2) is 0 Å². The lowest BCUT2D eigenvalue weighted by Crippen LogP contribution is -2.17. The molecule has 2 rings (SSSR count). The smallest absolute Gasteiger partial charge is 0.249 e. The molecule has 0 heterocycles. The molecule has 1 amide bonds. The number of carbonyl (C=O) groups is 1. The molecular weight excluding hydrogens is 238 g/mol. The van der Waals surface area contributed by atoms with Crippen molar-refractivity contribution in [2.75, 3.05) is 0 Å². The van der Waals surface area contributed by atoms with E-state index in [2.05, 4.69) is 6.07 Å². The van der Waals surface area contributed by atoms with Crippen molar-refractivity contribution in [3.05, 3.63) is 59.2 Å². The van der Waals surface area contributed by atoms with E-state index in [0.717, 1.165) is 5.56 Å². The number of amides is 1. The third-order valence-electron chi connectivity index (χ3n) is 2.94. The Hall–Kier alpha value is -2.64. The minimum absolute atomic E-state index is 0.198. The monoisotopic (exact) mass is 251 g/mol. The maximum absolute atomic E-state index is 11.7. The molecule has 0 unspecified atom stereocenters. The summed E-state index contributed by atoms with van der Waals surface area (Å²) in [6.45, 7) is 0.198. The molecule has 2 aromatic rings. The molecule has 0 fully saturated rings. The normalized spacial score (nSPS) is 9.89. The Morgan fingerprint density at radius 3 is 2.37 bits per heavy atom. The molecule has 19 heavy (non-hydrogen) atoms. The van der Waals surface area contributed by atoms with Crippen LogP contribution in [0.15, 0.2) is 42.5 Å². The summed E-state index contributed by atoms with van der Waals surface area (Å²) >= 11 is 0. The average Bonchev–Trinajstić information content (AvgIpc) is 2.46. The summed E-state index contributed by atoms with van der Waals surface area (Å²) in [5, 5.41) is 9.22. The van der Waals surface area contributed by atoms with E-state index in [1.807, 2.05) is 30.3 Å². The number of hydrogen-bond acceptors (Lipinski definition) is 3. The number of carbonyl (C=O) groups excluding carboxylic acids is 1. The van der Waals surface area contributed by atoms with Gasteiger partial charge in [-0.25, -0.2) is 0 Å². The minimum Gasteiger partial charge on any atom is -0.366 e. The van der Waals surface area contributed by atoms with Crippen LogP contribution in [-0.4, -0.2) is 5.91 Å². The molecule has 4 N–H and O–H groups in total. The summed E-state index contributed by atoms with van der Waals surface area (Å²) in [6, 6.07) is 14.7. The Morgan fingerprint density at radius 2 is 1.84 bits per heavy atom. The van der Waals surface area contributed by atoms with Crippen molar-refractivity contribution in [2.24, 2.45) is 11.5 Å². The van der Waals surface area contributed by atoms with Crippen LogP contribution in [0.4, 0.5) is 0 Å². The van der Waals surface area contributed by atoms with E-state index in [4.69, 9.17) is 11.5 Å². The first-order valence-electron chi connectivity index (χ1n) is 5.80. The Kier molecular flexibility index (Phi) is 3.60. The van der Waals surface area contributed by atoms with Gasteiger partial charge in [-0.15, -0.1) is 0 Å². The molecular formula is C15H13N3O. The zero-order chi connectivity index (χ0) is 13.8. The van der Waals surface area contributed by atoms with Gasteiger partial charge in [-0.05, 0) is 17.2 Å². The molecule has 0 aliphatic heterocycles. The fourth-order valence-electron chi connectivity index (χ4n) is 2.10. The van der Waals surface area contributed by atoms with Crippen LogP contribution in [0.3, 0.4) is 0 Å². The lowest BCUT2D eigenvalue weighted by Gasteiger charge is -2.13. The van der Waals surface area contributed by atoms with Gasteiger partial charge < -0.3 is 11.5 Å². The van der Waals surface area contributed by atoms with Crippen LogP contribution in [0.5, 0.6) is 0 Å². The second-order valence-electron chi connectivity index (χ2n) is 4.07. The first kappa shape index (κ1) is 12.8. The van der Waals surface area contributed by atoms with Gasteiger partial charge in [0.2, 0.25) is 5.91 Å². The highest BCUT2D eigenvalue weighted by Gasteiger charge is 2.18. The van der Waals surface area contributed by atoms with E-state index in [9.17, 15) is 10.1 Å². The topological polar surface area (TPSA) is 92.9 Å². The molecule has 4 nitrogen and oxygen atoms in total. The Labute approximate surface area is 111 Å². The van der Waals surface area contributed by atoms with E-state index in [-0.39, 0.29) is 6.54 Å². The lowest BCUT2D eigenvalue weighted by atomic mass is 9.91. The molecule has 94 valence electrons. The summed E-state index contributed by atoms with van der Waals surface area (Å²) in [7, 11) is 0. The number of nitrogens with zero attached hydrogens (tertiary/aromatic N) is 1. The highest BCUT2D eigenvalue weighted by Crippen LogP contribution is 2.29. The van der Waals surface area contributed by atoms with Crippen LogP contribution >= 0.6 is 0 Å². The molecule has 0 atom stereocenters. The van der Waals surface area contributed by atoms with Gasteiger partial charge in [-0.3, -0.25) is 4.79 Å². The van der Waals surface area contributed by atoms with Crippen LogP contribution in [0, 0.1) is 11.3 Å². The van der Waals surface area contributed by atoms with E-state index in [0.29, 0.717) is 22.3 Å². The van der Waals surface area contributed by atoms with Crippen molar-refractivity contribution in [2.45, 2.75) is 6.54 Å². The molecule has 2 aromatic carbocycles. The van der Waals surface area contributed by atoms with Crippen molar-refractivity contribution < 1.29 is 4.79 Å². The Morgan fingerprint density at radius 1 is 1.16 bits per heavy atom. The molecule has 0 saturated heterocycles. The quantitative estimate of drug-likeness (QED) is 0.870. The van der Waals surface area contributed by atoms with Gasteiger partial charge in [-0.1, -0.05) is 36.4 Å². The van der Waals surface area contributed by atoms with Crippen molar-refractivity contribution in [3.8, 4) is 17.2 Å². The highest BCUT2D eigenvalue weighted by molar-refractivity contribution is 6.02. The largest absolute Gasteiger partial charge is 0.366 e. The highest BCUT2D eigenvalue weighted by atomic mass is 16.1. The number of nitrogens with two attached hydrogens (primary N) is 2. The van der Waals surface area contributed by atoms with Gasteiger partial charge >= 0.3 is 0 Å². The van der Waals surface area contributed by atoms with Crippen molar-refractivity contribution in [3.63, 3.8) is 0 Å². The van der Waals surface area contributed by atoms with E-state index < -0.39 is 5.91 Å². The van der Waals surface area contributed by atoms with Crippen LogP contribution in [0.1, 0.15) is 21.5 Å². The second-order valence-corrected chi connectivity index (χ2v) is 4.07. The van der Waals surface area contributed by atoms with Gasteiger partial charge in [-0.2, -0.15) is 5.26 Å². The summed E-state index contributed by atoms with van der Waals surface area (Å²) in [4.78, 5) is 11.7. The van der Waals surface area contributed by atoms with Gasteiger partial charge in [0.05, 0.1) is 17.2 Å². The standard InChI is InChI=1S/C15H13N3O/c16-8-11-6-7-12(9-17)14(15(18)19)13(11)10-4-2-1-3-5-10/h1-7H,9,17H2,(H2,18,19). The summed E-state index contributed by atoms with van der Waals surface area (Å²) in [6.07, 6.45) is 0. The number of rotatable bonds is 3. The summed E-state index contributed by atoms with van der Waals surface area (Å²) in [5.41, 5.74) is 13.8. The molecule has 0 saturated carbocycles. The third kappa shape index (κ3) is 2.32. The second kappa shape index (κ2) is 5.34. The predicted octanol–water partition coefficient (Wildman–Crippen LogP) is 1.78. The van der Waals surface area contributed by atoms with E-state index in [1.54, 1.807) is 12.1 Å². The maximum atomic E-state index is 11.7. The number of nitriles is 1. The Balaban J connectivity index is 2.83. The summed E-state index contributed by atoms with van der Waals surface area (Å²) < 4.78 is 0. The fourth-order valence-corrected chi connectivity index (χ4v) is 2.10. The molecule has 0 aliphatic rings. The Bertz CT molecular complexity index is 657. The van der Waals surface area contributed by atoms with Crippen molar-refractivity contribution in [1.82, 2.24) is 0 Å². The van der Waals surface area contributed by atoms with Gasteiger partial charge in [0.1, 0.15) is 0 Å². The number of benzene rings is 2. The zero-order valence-electron chi connectivity index (χ0n) is 10.3. The SMILES string of the molecule is N#Cc1ccc(CN)c(C(N)=O)c1-c1ccccc1. The maximum Gasteiger partial charge on any atom is 0.249 e. The molecule has 4 heteroatoms. The molecule has 0 spiro atoms. The lowest BCUT2D eigenvalue weighted by molar-refractivity contribution is 0.1000. The van der Waals surface area contributed by atoms with Crippen molar-refractivity contribution >= 4 is 5.91 Å². The van der Waals surface area contributed by atoms with Crippen LogP contribution in [0.2, 0.25) is 0 Å². The van der Waals surface area contributed by atoms with E-state index >= 15 is 0 Å². The molecule has 0 bridgehead atoms. The third-order valence-corrected chi connectivity index (χ3v) is 2.94. The average molecular weight is 251 g/mol. The number of primary amides is 1. The first-order chi connectivity index (χ1) is 9.19. The molecule has 0 aliphatic carbocycles. The zero-order valence-corrected chi connectivity index (χ0v) is 10.3. The number of hydrogen-bond donors (Lipinski definition) is 2. The van der Waals surface area contributed by atoms with Crippen molar-refractivity contribution in [1.29, 1.82) is 5.26 Å². The fraction of sp³-hybridized carbons (Fsp3) is 0.0667. The van der Waals surface area contributed by atoms with Gasteiger partial charge in [0, 0.05) is 12.1 Å². The molecule has 0 aromatic heterocycles. The van der Waals surface area contributed by atoms with Gasteiger partial charge in [0.25, 0.3) is 0 Å². The predicted molar refractivity (Wildman–Crippen MR) is 73.0 cm³/mol. The van der Waals surface area contributed by atoms with Crippen LogP contribution in [0.25, 0.3) is 11.1 Å². The summed E-state index contributed by atoms with van der Waals surface area (Å²) in [5.74, 6) is -0.573. The van der Waals surface area contributed by atoms with Crippen LogP contribution < -0.4 is 11.5 Å². The van der Waals surface area contributed by atoms with E-state index in [1.165, 1.54) is 0 Å².